The monoisotopic (exact) mass is 403 g/mol. The smallest absolute Gasteiger partial charge is 0.130 e. The highest BCUT2D eigenvalue weighted by Crippen LogP contribution is 2.37. The number of fused-ring (bicyclic) bond motifs is 2. The summed E-state index contributed by atoms with van der Waals surface area (Å²) < 4.78 is 0. The van der Waals surface area contributed by atoms with Crippen molar-refractivity contribution in [2.75, 3.05) is 0 Å². The Hall–Kier alpha value is -4.16. The van der Waals surface area contributed by atoms with Gasteiger partial charge in [0.2, 0.25) is 0 Å². The number of nitrogens with one attached hydrogen (secondary N) is 1. The minimum Gasteiger partial charge on any atom is -0.507 e. The van der Waals surface area contributed by atoms with E-state index >= 15 is 0 Å². The van der Waals surface area contributed by atoms with Gasteiger partial charge in [-0.15, -0.1) is 0 Å². The van der Waals surface area contributed by atoms with Crippen LogP contribution in [0.4, 0.5) is 0 Å². The number of hydrogen-bond donors (Lipinski definition) is 3. The fraction of sp³-hybridized carbons (Fsp3) is 0.0714. The van der Waals surface area contributed by atoms with Crippen LogP contribution in [0.5, 0.6) is 11.5 Å². The van der Waals surface area contributed by atoms with E-state index in [1.807, 2.05) is 54.7 Å². The number of H-pyrrole nitrogens is 1. The summed E-state index contributed by atoms with van der Waals surface area (Å²) in [6.45, 7) is 0. The average molecular weight is 403 g/mol. The van der Waals surface area contributed by atoms with Gasteiger partial charge in [0.1, 0.15) is 11.5 Å². The molecule has 0 saturated carbocycles. The second-order valence-electron chi connectivity index (χ2n) is 7.70. The molecule has 4 aromatic carbocycles. The Kier molecular flexibility index (Phi) is 4.82. The van der Waals surface area contributed by atoms with E-state index < -0.39 is 0 Å². The van der Waals surface area contributed by atoms with Crippen LogP contribution >= 0.6 is 0 Å². The highest BCUT2D eigenvalue weighted by molar-refractivity contribution is 5.92. The van der Waals surface area contributed by atoms with E-state index in [9.17, 15) is 10.2 Å². The predicted molar refractivity (Wildman–Crippen MR) is 125 cm³/mol. The maximum absolute atomic E-state index is 10.9. The van der Waals surface area contributed by atoms with Crippen molar-refractivity contribution in [3.63, 3.8) is 0 Å². The van der Waals surface area contributed by atoms with Gasteiger partial charge in [-0.25, -0.2) is 0 Å². The molecule has 5 rings (SSSR count). The lowest BCUT2D eigenvalue weighted by Gasteiger charge is -2.11. The molecule has 5 aromatic rings. The summed E-state index contributed by atoms with van der Waals surface area (Å²) in [6.07, 6.45) is 3.05. The van der Waals surface area contributed by atoms with Gasteiger partial charge in [-0.3, -0.25) is 0 Å². The summed E-state index contributed by atoms with van der Waals surface area (Å²) in [5.41, 5.74) is 4.68. The first kappa shape index (κ1) is 18.8. The van der Waals surface area contributed by atoms with Gasteiger partial charge in [-0.05, 0) is 58.3 Å². The molecule has 3 heteroatoms. The maximum atomic E-state index is 10.9. The molecule has 0 aliphatic rings. The number of aromatic nitrogens is 1. The minimum absolute atomic E-state index is 0.104. The minimum atomic E-state index is 0.104. The van der Waals surface area contributed by atoms with Crippen molar-refractivity contribution in [1.82, 2.24) is 4.98 Å². The van der Waals surface area contributed by atoms with Crippen molar-refractivity contribution in [2.24, 2.45) is 0 Å². The third kappa shape index (κ3) is 3.84. The van der Waals surface area contributed by atoms with E-state index in [0.717, 1.165) is 22.0 Å². The molecule has 0 fully saturated rings. The van der Waals surface area contributed by atoms with Crippen molar-refractivity contribution in [1.29, 1.82) is 0 Å². The summed E-state index contributed by atoms with van der Waals surface area (Å²) in [7, 11) is 0. The summed E-state index contributed by atoms with van der Waals surface area (Å²) >= 11 is 0. The van der Waals surface area contributed by atoms with Crippen LogP contribution in [0.25, 0.3) is 21.7 Å². The summed E-state index contributed by atoms with van der Waals surface area (Å²) in [6, 6.07) is 25.6. The van der Waals surface area contributed by atoms with Gasteiger partial charge in [0, 0.05) is 41.1 Å². The Morgan fingerprint density at radius 1 is 0.774 bits per heavy atom. The molecule has 0 atom stereocenters. The van der Waals surface area contributed by atoms with Gasteiger partial charge in [0.15, 0.2) is 0 Å². The number of aromatic amines is 1. The molecule has 0 spiro atoms. The van der Waals surface area contributed by atoms with Crippen LogP contribution in [0.1, 0.15) is 22.3 Å². The lowest BCUT2D eigenvalue weighted by molar-refractivity contribution is 0.445. The standard InChI is InChI=1S/C28H21NO2/c30-27-18-22-11-9-21(8-4-7-20-10-12-26-23(15-20)13-14-29-26)16-24(22)28(31)25(27)17-19-5-2-1-3-6-19/h1-3,5-6,9-16,18,29-31H,7,17H2. The molecule has 3 nitrogen and oxygen atoms in total. The Bertz CT molecular complexity index is 1450. The van der Waals surface area contributed by atoms with Gasteiger partial charge < -0.3 is 15.2 Å². The average Bonchev–Trinajstić information content (AvgIpc) is 3.26. The molecular formula is C28H21NO2. The van der Waals surface area contributed by atoms with Gasteiger partial charge in [0.25, 0.3) is 0 Å². The normalized spacial score (nSPS) is 10.8. The zero-order valence-electron chi connectivity index (χ0n) is 16.9. The maximum Gasteiger partial charge on any atom is 0.130 e. The number of hydrogen-bond acceptors (Lipinski definition) is 2. The van der Waals surface area contributed by atoms with E-state index in [1.54, 1.807) is 6.07 Å². The molecule has 31 heavy (non-hydrogen) atoms. The summed E-state index contributed by atoms with van der Waals surface area (Å²) in [4.78, 5) is 3.20. The van der Waals surface area contributed by atoms with E-state index in [-0.39, 0.29) is 11.5 Å². The molecule has 0 unspecified atom stereocenters. The van der Waals surface area contributed by atoms with Gasteiger partial charge >= 0.3 is 0 Å². The number of phenolic OH excluding ortho intramolecular Hbond substituents is 2. The Morgan fingerprint density at radius 3 is 2.52 bits per heavy atom. The lowest BCUT2D eigenvalue weighted by Crippen LogP contribution is -1.91. The Morgan fingerprint density at radius 2 is 1.65 bits per heavy atom. The van der Waals surface area contributed by atoms with Crippen molar-refractivity contribution in [3.05, 3.63) is 107 Å². The van der Waals surface area contributed by atoms with E-state index in [0.29, 0.717) is 23.8 Å². The molecule has 0 amide bonds. The van der Waals surface area contributed by atoms with Gasteiger partial charge in [-0.2, -0.15) is 0 Å². The number of benzene rings is 4. The second-order valence-corrected chi connectivity index (χ2v) is 7.70. The predicted octanol–water partition coefficient (Wildman–Crippen LogP) is 5.92. The molecule has 150 valence electrons. The molecule has 1 heterocycles. The fourth-order valence-corrected chi connectivity index (χ4v) is 3.92. The Balaban J connectivity index is 1.44. The molecular weight excluding hydrogens is 382 g/mol. The lowest BCUT2D eigenvalue weighted by atomic mass is 9.97. The van der Waals surface area contributed by atoms with Crippen molar-refractivity contribution in [2.45, 2.75) is 12.8 Å². The Labute approximate surface area is 180 Å². The highest BCUT2D eigenvalue weighted by atomic mass is 16.3. The summed E-state index contributed by atoms with van der Waals surface area (Å²) in [5, 5.41) is 24.0. The molecule has 0 saturated heterocycles. The molecule has 0 bridgehead atoms. The van der Waals surface area contributed by atoms with E-state index in [1.165, 1.54) is 10.9 Å². The molecule has 0 aliphatic heterocycles. The first-order valence-corrected chi connectivity index (χ1v) is 10.2. The van der Waals surface area contributed by atoms with Gasteiger partial charge in [0.05, 0.1) is 0 Å². The largest absolute Gasteiger partial charge is 0.507 e. The SMILES string of the molecule is Oc1cc2ccc(C#CCc3ccc4[nH]ccc4c3)cc2c(O)c1Cc1ccccc1. The van der Waals surface area contributed by atoms with Crippen LogP contribution in [0.2, 0.25) is 0 Å². The summed E-state index contributed by atoms with van der Waals surface area (Å²) in [5.74, 6) is 6.66. The number of aromatic hydroxyl groups is 2. The number of phenols is 2. The van der Waals surface area contributed by atoms with E-state index in [2.05, 4.69) is 41.1 Å². The van der Waals surface area contributed by atoms with Crippen molar-refractivity contribution < 1.29 is 10.2 Å². The second kappa shape index (κ2) is 7.93. The van der Waals surface area contributed by atoms with Crippen LogP contribution in [0, 0.1) is 11.8 Å². The third-order valence-corrected chi connectivity index (χ3v) is 5.56. The van der Waals surface area contributed by atoms with Gasteiger partial charge in [-0.1, -0.05) is 54.3 Å². The third-order valence-electron chi connectivity index (χ3n) is 5.56. The molecule has 0 aliphatic carbocycles. The highest BCUT2D eigenvalue weighted by Gasteiger charge is 2.13. The topological polar surface area (TPSA) is 56.2 Å². The zero-order chi connectivity index (χ0) is 21.2. The van der Waals surface area contributed by atoms with Crippen LogP contribution in [0.3, 0.4) is 0 Å². The fourth-order valence-electron chi connectivity index (χ4n) is 3.92. The molecule has 1 aromatic heterocycles. The number of rotatable bonds is 3. The van der Waals surface area contributed by atoms with Crippen LogP contribution < -0.4 is 0 Å². The van der Waals surface area contributed by atoms with Crippen LogP contribution in [-0.4, -0.2) is 15.2 Å². The van der Waals surface area contributed by atoms with Crippen molar-refractivity contribution >= 4 is 21.7 Å². The van der Waals surface area contributed by atoms with Crippen molar-refractivity contribution in [3.8, 4) is 23.3 Å². The van der Waals surface area contributed by atoms with E-state index in [4.69, 9.17) is 0 Å². The molecule has 3 N–H and O–H groups in total. The first-order chi connectivity index (χ1) is 15.2. The first-order valence-electron chi connectivity index (χ1n) is 10.2. The molecule has 0 radical (unpaired) electrons. The van der Waals surface area contributed by atoms with Crippen LogP contribution in [0.15, 0.2) is 85.1 Å². The van der Waals surface area contributed by atoms with Crippen LogP contribution in [-0.2, 0) is 12.8 Å². The quantitative estimate of drug-likeness (QED) is 0.328. The zero-order valence-corrected chi connectivity index (χ0v) is 16.9.